The Hall–Kier alpha value is -1.12. The zero-order chi connectivity index (χ0) is 14.3. The lowest BCUT2D eigenvalue weighted by Crippen LogP contribution is -2.57. The van der Waals surface area contributed by atoms with Gasteiger partial charge in [-0.15, -0.1) is 0 Å². The van der Waals surface area contributed by atoms with Crippen molar-refractivity contribution in [3.8, 4) is 0 Å². The number of fused-ring (bicyclic) bond motifs is 1. The van der Waals surface area contributed by atoms with E-state index in [0.717, 1.165) is 44.9 Å². The lowest BCUT2D eigenvalue weighted by Gasteiger charge is -2.41. The third-order valence-electron chi connectivity index (χ3n) is 5.57. The maximum Gasteiger partial charge on any atom is 0.301 e. The Morgan fingerprint density at radius 2 is 2.10 bits per heavy atom. The number of aliphatic hydroxyl groups excluding tert-OH is 1. The molecule has 3 rings (SSSR count). The van der Waals surface area contributed by atoms with Crippen molar-refractivity contribution < 1.29 is 9.90 Å². The van der Waals surface area contributed by atoms with Gasteiger partial charge in [0.15, 0.2) is 0 Å². The number of hydrogen-bond acceptors (Lipinski definition) is 3. The van der Waals surface area contributed by atoms with Crippen LogP contribution < -0.4 is 5.73 Å². The maximum atomic E-state index is 12.8. The van der Waals surface area contributed by atoms with Gasteiger partial charge in [-0.1, -0.05) is 19.3 Å². The predicted octanol–water partition coefficient (Wildman–Crippen LogP) is 1.12. The first-order chi connectivity index (χ1) is 9.63. The minimum atomic E-state index is -0.656. The fourth-order valence-electron chi connectivity index (χ4n) is 4.10. The number of aliphatic hydroxyl groups is 1. The number of amides is 1. The summed E-state index contributed by atoms with van der Waals surface area (Å²) in [5.74, 6) is 0.411. The summed E-state index contributed by atoms with van der Waals surface area (Å²) in [7, 11) is 0. The number of carbonyl (C=O) groups excluding carboxylic acids is 1. The van der Waals surface area contributed by atoms with Gasteiger partial charge in [-0.05, 0) is 25.2 Å². The number of likely N-dealkylation sites (tertiary alicyclic amines) is 1. The molecule has 0 radical (unpaired) electrons. The predicted molar refractivity (Wildman–Crippen MR) is 74.3 cm³/mol. The van der Waals surface area contributed by atoms with E-state index in [2.05, 4.69) is 4.85 Å². The van der Waals surface area contributed by atoms with Gasteiger partial charge in [0.05, 0.1) is 12.6 Å². The Balaban J connectivity index is 1.77. The topological polar surface area (TPSA) is 70.9 Å². The molecule has 1 unspecified atom stereocenters. The molecule has 3 aliphatic rings. The van der Waals surface area contributed by atoms with Gasteiger partial charge in [0.1, 0.15) is 0 Å². The van der Waals surface area contributed by atoms with Crippen LogP contribution in [-0.4, -0.2) is 40.8 Å². The average Bonchev–Trinajstić information content (AvgIpc) is 3.17. The molecule has 0 aromatic heterocycles. The SMILES string of the molecule is [C-]#[N+][C@@H]1C[C@@H]2CC2N1C(=O)[C@@H](N)C1(CO)CCCCC1. The monoisotopic (exact) mass is 277 g/mol. The summed E-state index contributed by atoms with van der Waals surface area (Å²) in [4.78, 5) is 18.1. The summed E-state index contributed by atoms with van der Waals surface area (Å²) in [6.45, 7) is 7.23. The van der Waals surface area contributed by atoms with E-state index in [4.69, 9.17) is 12.3 Å². The van der Waals surface area contributed by atoms with Crippen molar-refractivity contribution in [2.75, 3.05) is 6.61 Å². The fraction of sp³-hybridized carbons (Fsp3) is 0.867. The second-order valence-electron chi connectivity index (χ2n) is 6.71. The number of hydrogen-bond donors (Lipinski definition) is 2. The van der Waals surface area contributed by atoms with Crippen molar-refractivity contribution in [3.05, 3.63) is 11.4 Å². The minimum absolute atomic E-state index is 0.0233. The molecule has 1 aliphatic heterocycles. The normalized spacial score (nSPS) is 36.0. The third-order valence-corrected chi connectivity index (χ3v) is 5.57. The molecule has 0 spiro atoms. The Kier molecular flexibility index (Phi) is 3.47. The molecule has 110 valence electrons. The van der Waals surface area contributed by atoms with E-state index in [1.807, 2.05) is 0 Å². The van der Waals surface area contributed by atoms with Crippen LogP contribution >= 0.6 is 0 Å². The van der Waals surface area contributed by atoms with Crippen LogP contribution in [0.4, 0.5) is 0 Å². The van der Waals surface area contributed by atoms with E-state index in [9.17, 15) is 9.90 Å². The van der Waals surface area contributed by atoms with Crippen LogP contribution in [-0.2, 0) is 4.79 Å². The molecule has 2 aliphatic carbocycles. The molecule has 1 amide bonds. The summed E-state index contributed by atoms with van der Waals surface area (Å²) < 4.78 is 0. The first-order valence-electron chi connectivity index (χ1n) is 7.68. The molecule has 2 saturated carbocycles. The smallest absolute Gasteiger partial charge is 0.301 e. The number of piperidine rings is 1. The molecule has 3 fully saturated rings. The first-order valence-corrected chi connectivity index (χ1v) is 7.68. The summed E-state index contributed by atoms with van der Waals surface area (Å²) in [6.07, 6.45) is 6.36. The van der Waals surface area contributed by atoms with Crippen LogP contribution in [0.3, 0.4) is 0 Å². The lowest BCUT2D eigenvalue weighted by atomic mass is 9.69. The van der Waals surface area contributed by atoms with Gasteiger partial charge in [0.2, 0.25) is 5.91 Å². The van der Waals surface area contributed by atoms with Crippen LogP contribution in [0.2, 0.25) is 0 Å². The molecular weight excluding hydrogens is 254 g/mol. The van der Waals surface area contributed by atoms with Crippen molar-refractivity contribution in [1.29, 1.82) is 0 Å². The van der Waals surface area contributed by atoms with Crippen molar-refractivity contribution in [1.82, 2.24) is 4.90 Å². The number of nitrogens with zero attached hydrogens (tertiary/aromatic N) is 2. The molecule has 5 heteroatoms. The van der Waals surface area contributed by atoms with Gasteiger partial charge in [0.25, 0.3) is 0 Å². The summed E-state index contributed by atoms with van der Waals surface area (Å²) in [5.41, 5.74) is 5.80. The van der Waals surface area contributed by atoms with Crippen molar-refractivity contribution in [2.24, 2.45) is 17.1 Å². The Bertz CT molecular complexity index is 439. The highest BCUT2D eigenvalue weighted by atomic mass is 16.3. The zero-order valence-corrected chi connectivity index (χ0v) is 11.8. The van der Waals surface area contributed by atoms with Gasteiger partial charge in [0, 0.05) is 17.9 Å². The Morgan fingerprint density at radius 3 is 2.70 bits per heavy atom. The van der Waals surface area contributed by atoms with Gasteiger partial charge < -0.3 is 10.8 Å². The summed E-state index contributed by atoms with van der Waals surface area (Å²) >= 11 is 0. The van der Waals surface area contributed by atoms with Crippen molar-refractivity contribution >= 4 is 5.91 Å². The summed E-state index contributed by atoms with van der Waals surface area (Å²) in [6, 6.07) is -0.414. The average molecular weight is 277 g/mol. The van der Waals surface area contributed by atoms with E-state index in [0.29, 0.717) is 5.92 Å². The standard InChI is InChI=1S/C15H23N3O2/c1-17-12-8-10-7-11(10)18(12)14(20)13(16)15(9-19)5-3-2-4-6-15/h10-13,19H,2-9,16H2/t10-,11?,12-,13+/m0/s1. The maximum absolute atomic E-state index is 12.8. The van der Waals surface area contributed by atoms with Gasteiger partial charge in [-0.2, -0.15) is 0 Å². The van der Waals surface area contributed by atoms with E-state index in [-0.39, 0.29) is 24.7 Å². The zero-order valence-electron chi connectivity index (χ0n) is 11.8. The second kappa shape index (κ2) is 5.01. The molecule has 3 N–H and O–H groups in total. The quantitative estimate of drug-likeness (QED) is 0.760. The first kappa shape index (κ1) is 13.8. The molecule has 1 heterocycles. The molecule has 1 saturated heterocycles. The lowest BCUT2D eigenvalue weighted by molar-refractivity contribution is -0.139. The molecule has 0 aromatic rings. The summed E-state index contributed by atoms with van der Waals surface area (Å²) in [5, 5.41) is 9.79. The third kappa shape index (κ3) is 2.02. The van der Waals surface area contributed by atoms with Crippen molar-refractivity contribution in [2.45, 2.75) is 63.2 Å². The van der Waals surface area contributed by atoms with Crippen LogP contribution in [0.1, 0.15) is 44.9 Å². The van der Waals surface area contributed by atoms with Crippen molar-refractivity contribution in [3.63, 3.8) is 0 Å². The molecule has 0 bridgehead atoms. The highest BCUT2D eigenvalue weighted by molar-refractivity contribution is 5.84. The van der Waals surface area contributed by atoms with Crippen LogP contribution in [0.15, 0.2) is 0 Å². The second-order valence-corrected chi connectivity index (χ2v) is 6.71. The number of carbonyl (C=O) groups is 1. The Morgan fingerprint density at radius 1 is 1.40 bits per heavy atom. The molecule has 0 aromatic carbocycles. The van der Waals surface area contributed by atoms with E-state index < -0.39 is 11.5 Å². The highest BCUT2D eigenvalue weighted by Gasteiger charge is 2.59. The van der Waals surface area contributed by atoms with Gasteiger partial charge in [-0.3, -0.25) is 14.5 Å². The molecule has 5 nitrogen and oxygen atoms in total. The molecule has 4 atom stereocenters. The van der Waals surface area contributed by atoms with Crippen LogP contribution in [0.25, 0.3) is 4.85 Å². The van der Waals surface area contributed by atoms with Crippen LogP contribution in [0, 0.1) is 17.9 Å². The van der Waals surface area contributed by atoms with Crippen LogP contribution in [0.5, 0.6) is 0 Å². The number of rotatable bonds is 3. The fourth-order valence-corrected chi connectivity index (χ4v) is 4.10. The molecule has 20 heavy (non-hydrogen) atoms. The van der Waals surface area contributed by atoms with Gasteiger partial charge >= 0.3 is 6.17 Å². The highest BCUT2D eigenvalue weighted by Crippen LogP contribution is 2.49. The van der Waals surface area contributed by atoms with E-state index >= 15 is 0 Å². The largest absolute Gasteiger partial charge is 0.396 e. The van der Waals surface area contributed by atoms with Gasteiger partial charge in [-0.25, -0.2) is 6.57 Å². The number of nitrogens with two attached hydrogens (primary N) is 1. The minimum Gasteiger partial charge on any atom is -0.396 e. The molecular formula is C15H23N3O2. The van der Waals surface area contributed by atoms with E-state index in [1.54, 1.807) is 4.90 Å². The Labute approximate surface area is 119 Å². The van der Waals surface area contributed by atoms with E-state index in [1.165, 1.54) is 0 Å².